The van der Waals surface area contributed by atoms with E-state index in [1.165, 1.54) is 0 Å². The lowest BCUT2D eigenvalue weighted by Crippen LogP contribution is -2.26. The van der Waals surface area contributed by atoms with E-state index >= 15 is 0 Å². The molecule has 0 bridgehead atoms. The maximum absolute atomic E-state index is 10.4. The molecule has 0 spiro atoms. The van der Waals surface area contributed by atoms with Gasteiger partial charge in [0.05, 0.1) is 6.42 Å². The van der Waals surface area contributed by atoms with Gasteiger partial charge in [-0.3, -0.25) is 4.79 Å². The Bertz CT molecular complexity index is 328. The first kappa shape index (κ1) is 11.0. The van der Waals surface area contributed by atoms with Gasteiger partial charge < -0.3 is 10.8 Å². The van der Waals surface area contributed by atoms with Gasteiger partial charge in [-0.15, -0.1) is 0 Å². The molecule has 1 atom stereocenters. The third-order valence-corrected chi connectivity index (χ3v) is 2.25. The van der Waals surface area contributed by atoms with Crippen LogP contribution in [-0.2, 0) is 11.2 Å². The number of aliphatic carboxylic acids is 1. The summed E-state index contributed by atoms with van der Waals surface area (Å²) in [6, 6.07) is 6.92. The summed E-state index contributed by atoms with van der Waals surface area (Å²) in [6.45, 7) is 0. The van der Waals surface area contributed by atoms with Crippen LogP contribution in [0.3, 0.4) is 0 Å². The Morgan fingerprint density at radius 1 is 1.50 bits per heavy atom. The summed E-state index contributed by atoms with van der Waals surface area (Å²) in [4.78, 5) is 10.4. The number of halogens is 1. The van der Waals surface area contributed by atoms with Crippen LogP contribution < -0.4 is 5.73 Å². The van der Waals surface area contributed by atoms with Crippen LogP contribution >= 0.6 is 11.6 Å². The molecule has 14 heavy (non-hydrogen) atoms. The molecule has 4 heteroatoms. The highest BCUT2D eigenvalue weighted by Crippen LogP contribution is 2.16. The number of hydrogen-bond donors (Lipinski definition) is 2. The maximum atomic E-state index is 10.4. The lowest BCUT2D eigenvalue weighted by molar-refractivity contribution is -0.137. The summed E-state index contributed by atoms with van der Waals surface area (Å²) >= 11 is 5.90. The minimum atomic E-state index is -0.885. The highest BCUT2D eigenvalue weighted by molar-refractivity contribution is 6.31. The Morgan fingerprint density at radius 2 is 2.14 bits per heavy atom. The van der Waals surface area contributed by atoms with Gasteiger partial charge in [-0.25, -0.2) is 0 Å². The number of hydrogen-bond acceptors (Lipinski definition) is 2. The van der Waals surface area contributed by atoms with E-state index in [0.717, 1.165) is 5.56 Å². The van der Waals surface area contributed by atoms with E-state index < -0.39 is 5.97 Å². The van der Waals surface area contributed by atoms with Gasteiger partial charge >= 0.3 is 5.97 Å². The van der Waals surface area contributed by atoms with Gasteiger partial charge in [-0.2, -0.15) is 0 Å². The lowest BCUT2D eigenvalue weighted by Gasteiger charge is -2.09. The lowest BCUT2D eigenvalue weighted by atomic mass is 10.0. The maximum Gasteiger partial charge on any atom is 0.304 e. The number of benzene rings is 1. The predicted octanol–water partition coefficient (Wildman–Crippen LogP) is 1.68. The van der Waals surface area contributed by atoms with Crippen molar-refractivity contribution in [3.63, 3.8) is 0 Å². The van der Waals surface area contributed by atoms with E-state index in [-0.39, 0.29) is 12.5 Å². The van der Waals surface area contributed by atoms with Crippen molar-refractivity contribution in [1.29, 1.82) is 0 Å². The molecule has 76 valence electrons. The SMILES string of the molecule is N[C@@H](CC(=O)O)Cc1ccccc1Cl. The third kappa shape index (κ3) is 3.36. The van der Waals surface area contributed by atoms with E-state index in [1.54, 1.807) is 6.07 Å². The van der Waals surface area contributed by atoms with Gasteiger partial charge in [0, 0.05) is 11.1 Å². The summed E-state index contributed by atoms with van der Waals surface area (Å²) in [7, 11) is 0. The summed E-state index contributed by atoms with van der Waals surface area (Å²) in [5.41, 5.74) is 6.53. The number of nitrogens with two attached hydrogens (primary N) is 1. The molecule has 0 aromatic heterocycles. The fraction of sp³-hybridized carbons (Fsp3) is 0.300. The first-order chi connectivity index (χ1) is 6.59. The molecule has 0 fully saturated rings. The van der Waals surface area contributed by atoms with E-state index in [4.69, 9.17) is 22.4 Å². The van der Waals surface area contributed by atoms with Crippen LogP contribution in [0.25, 0.3) is 0 Å². The second kappa shape index (κ2) is 4.98. The number of rotatable bonds is 4. The number of carbonyl (C=O) groups is 1. The molecule has 1 aromatic rings. The van der Waals surface area contributed by atoms with Crippen molar-refractivity contribution < 1.29 is 9.90 Å². The third-order valence-electron chi connectivity index (χ3n) is 1.88. The van der Waals surface area contributed by atoms with Gasteiger partial charge in [0.2, 0.25) is 0 Å². The topological polar surface area (TPSA) is 63.3 Å². The van der Waals surface area contributed by atoms with Gasteiger partial charge in [-0.1, -0.05) is 29.8 Å². The van der Waals surface area contributed by atoms with Gasteiger partial charge in [0.25, 0.3) is 0 Å². The summed E-state index contributed by atoms with van der Waals surface area (Å²) in [5, 5.41) is 9.15. The fourth-order valence-electron chi connectivity index (χ4n) is 1.24. The summed E-state index contributed by atoms with van der Waals surface area (Å²) in [6.07, 6.45) is 0.456. The molecule has 0 heterocycles. The van der Waals surface area contributed by atoms with Crippen LogP contribution in [0.5, 0.6) is 0 Å². The van der Waals surface area contributed by atoms with Crippen molar-refractivity contribution in [2.45, 2.75) is 18.9 Å². The van der Waals surface area contributed by atoms with E-state index in [2.05, 4.69) is 0 Å². The normalized spacial score (nSPS) is 12.4. The molecule has 0 aliphatic carbocycles. The zero-order valence-corrected chi connectivity index (χ0v) is 8.37. The van der Waals surface area contributed by atoms with Crippen LogP contribution in [0.1, 0.15) is 12.0 Å². The molecular formula is C10H12ClNO2. The largest absolute Gasteiger partial charge is 0.481 e. The van der Waals surface area contributed by atoms with Crippen molar-refractivity contribution in [2.75, 3.05) is 0 Å². The Hall–Kier alpha value is -1.06. The highest BCUT2D eigenvalue weighted by atomic mass is 35.5. The minimum absolute atomic E-state index is 0.0365. The molecule has 1 rings (SSSR count). The van der Waals surface area contributed by atoms with Crippen molar-refractivity contribution in [1.82, 2.24) is 0 Å². The predicted molar refractivity (Wildman–Crippen MR) is 55.4 cm³/mol. The average molecular weight is 214 g/mol. The molecule has 0 unspecified atom stereocenters. The van der Waals surface area contributed by atoms with E-state index in [9.17, 15) is 4.79 Å². The Balaban J connectivity index is 2.60. The standard InChI is InChI=1S/C10H12ClNO2/c11-9-4-2-1-3-7(9)5-8(12)6-10(13)14/h1-4,8H,5-6,12H2,(H,13,14)/t8-/m1/s1. The molecule has 0 saturated heterocycles. The van der Waals surface area contributed by atoms with Crippen LogP contribution in [0, 0.1) is 0 Å². The Kier molecular flexibility index (Phi) is 3.92. The van der Waals surface area contributed by atoms with Gasteiger partial charge in [-0.05, 0) is 18.1 Å². The van der Waals surface area contributed by atoms with Gasteiger partial charge in [0.1, 0.15) is 0 Å². The molecule has 0 radical (unpaired) electrons. The second-order valence-corrected chi connectivity index (χ2v) is 3.56. The summed E-state index contributed by atoms with van der Waals surface area (Å²) < 4.78 is 0. The Labute approximate surface area is 87.5 Å². The highest BCUT2D eigenvalue weighted by Gasteiger charge is 2.10. The first-order valence-corrected chi connectivity index (χ1v) is 4.68. The average Bonchev–Trinajstić information content (AvgIpc) is 2.07. The smallest absolute Gasteiger partial charge is 0.304 e. The molecule has 3 nitrogen and oxygen atoms in total. The van der Waals surface area contributed by atoms with Crippen molar-refractivity contribution in [2.24, 2.45) is 5.73 Å². The van der Waals surface area contributed by atoms with Crippen molar-refractivity contribution >= 4 is 17.6 Å². The van der Waals surface area contributed by atoms with Crippen LogP contribution in [0.2, 0.25) is 5.02 Å². The Morgan fingerprint density at radius 3 is 2.71 bits per heavy atom. The molecule has 0 aliphatic heterocycles. The number of carboxylic acid groups (broad SMARTS) is 1. The summed E-state index contributed by atoms with van der Waals surface area (Å²) in [5.74, 6) is -0.885. The zero-order valence-electron chi connectivity index (χ0n) is 7.61. The zero-order chi connectivity index (χ0) is 10.6. The monoisotopic (exact) mass is 213 g/mol. The van der Waals surface area contributed by atoms with E-state index in [0.29, 0.717) is 11.4 Å². The van der Waals surface area contributed by atoms with Crippen LogP contribution in [0.15, 0.2) is 24.3 Å². The molecule has 0 amide bonds. The van der Waals surface area contributed by atoms with E-state index in [1.807, 2.05) is 18.2 Å². The molecule has 0 aliphatic rings. The van der Waals surface area contributed by atoms with Gasteiger partial charge in [0.15, 0.2) is 0 Å². The second-order valence-electron chi connectivity index (χ2n) is 3.15. The molecular weight excluding hydrogens is 202 g/mol. The van der Waals surface area contributed by atoms with Crippen LogP contribution in [-0.4, -0.2) is 17.1 Å². The molecule has 3 N–H and O–H groups in total. The minimum Gasteiger partial charge on any atom is -0.481 e. The van der Waals surface area contributed by atoms with Crippen LogP contribution in [0.4, 0.5) is 0 Å². The quantitative estimate of drug-likeness (QED) is 0.800. The van der Waals surface area contributed by atoms with Crippen molar-refractivity contribution in [3.05, 3.63) is 34.9 Å². The van der Waals surface area contributed by atoms with Crippen molar-refractivity contribution in [3.8, 4) is 0 Å². The fourth-order valence-corrected chi connectivity index (χ4v) is 1.46. The number of carboxylic acids is 1. The molecule has 1 aromatic carbocycles. The molecule has 0 saturated carbocycles. The first-order valence-electron chi connectivity index (χ1n) is 4.30.